The van der Waals surface area contributed by atoms with Gasteiger partial charge in [0.2, 0.25) is 0 Å². The highest BCUT2D eigenvalue weighted by atomic mass is 16.5. The van der Waals surface area contributed by atoms with Crippen molar-refractivity contribution in [2.45, 2.75) is 39.4 Å². The second-order valence-corrected chi connectivity index (χ2v) is 5.62. The van der Waals surface area contributed by atoms with Crippen LogP contribution in [-0.2, 0) is 13.0 Å². The molecule has 0 radical (unpaired) electrons. The van der Waals surface area contributed by atoms with Crippen LogP contribution >= 0.6 is 0 Å². The van der Waals surface area contributed by atoms with E-state index in [1.165, 1.54) is 22.3 Å². The molecule has 3 rings (SSSR count). The Labute approximate surface area is 120 Å². The molecular formula is C18H20O2. The van der Waals surface area contributed by atoms with Gasteiger partial charge in [0.15, 0.2) is 0 Å². The summed E-state index contributed by atoms with van der Waals surface area (Å²) < 4.78 is 5.87. The summed E-state index contributed by atoms with van der Waals surface area (Å²) in [6.07, 6.45) is 1.48. The summed E-state index contributed by atoms with van der Waals surface area (Å²) in [6, 6.07) is 12.4. The fourth-order valence-corrected chi connectivity index (χ4v) is 2.72. The first-order chi connectivity index (χ1) is 9.63. The molecule has 0 fully saturated rings. The lowest BCUT2D eigenvalue weighted by molar-refractivity contribution is 0.180. The molecule has 1 aliphatic carbocycles. The second-order valence-electron chi connectivity index (χ2n) is 5.62. The molecule has 0 saturated heterocycles. The topological polar surface area (TPSA) is 29.5 Å². The molecule has 2 aromatic carbocycles. The summed E-state index contributed by atoms with van der Waals surface area (Å²) in [4.78, 5) is 0. The molecule has 1 N–H and O–H groups in total. The maximum Gasteiger partial charge on any atom is 0.120 e. The molecule has 1 unspecified atom stereocenters. The van der Waals surface area contributed by atoms with E-state index in [0.29, 0.717) is 6.61 Å². The van der Waals surface area contributed by atoms with Gasteiger partial charge in [-0.25, -0.2) is 0 Å². The summed E-state index contributed by atoms with van der Waals surface area (Å²) >= 11 is 0. The van der Waals surface area contributed by atoms with Gasteiger partial charge in [0, 0.05) is 0 Å². The number of aliphatic hydroxyl groups excluding tert-OH is 1. The Kier molecular flexibility index (Phi) is 3.49. The van der Waals surface area contributed by atoms with Crippen LogP contribution in [0.3, 0.4) is 0 Å². The standard InChI is InChI=1S/C18H20O2/c1-12-3-4-14(9-13(12)2)11-20-16-6-7-17-15(10-16)5-8-18(17)19/h3-4,6-7,9-10,18-19H,5,8,11H2,1-2H3. The molecule has 20 heavy (non-hydrogen) atoms. The van der Waals surface area contributed by atoms with Crippen LogP contribution < -0.4 is 4.74 Å². The molecule has 0 aromatic heterocycles. The third-order valence-electron chi connectivity index (χ3n) is 4.14. The molecule has 2 aromatic rings. The predicted octanol–water partition coefficient (Wildman–Crippen LogP) is 3.86. The van der Waals surface area contributed by atoms with Crippen LogP contribution in [0, 0.1) is 13.8 Å². The summed E-state index contributed by atoms with van der Waals surface area (Å²) in [6.45, 7) is 4.82. The molecule has 0 amide bonds. The van der Waals surface area contributed by atoms with Crippen LogP contribution in [0.5, 0.6) is 5.75 Å². The van der Waals surface area contributed by atoms with Crippen molar-refractivity contribution in [3.63, 3.8) is 0 Å². The van der Waals surface area contributed by atoms with Crippen LogP contribution in [0.15, 0.2) is 36.4 Å². The van der Waals surface area contributed by atoms with E-state index in [2.05, 4.69) is 38.1 Å². The minimum absolute atomic E-state index is 0.293. The van der Waals surface area contributed by atoms with Crippen molar-refractivity contribution in [2.75, 3.05) is 0 Å². The van der Waals surface area contributed by atoms with E-state index in [4.69, 9.17) is 4.74 Å². The molecule has 0 heterocycles. The third-order valence-corrected chi connectivity index (χ3v) is 4.14. The quantitative estimate of drug-likeness (QED) is 0.916. The lowest BCUT2D eigenvalue weighted by atomic mass is 10.1. The summed E-state index contributed by atoms with van der Waals surface area (Å²) in [5.74, 6) is 0.885. The number of fused-ring (bicyclic) bond motifs is 1. The number of aryl methyl sites for hydroxylation is 3. The van der Waals surface area contributed by atoms with E-state index < -0.39 is 0 Å². The number of rotatable bonds is 3. The Bertz CT molecular complexity index is 631. The fraction of sp³-hybridized carbons (Fsp3) is 0.333. The zero-order chi connectivity index (χ0) is 14.1. The second kappa shape index (κ2) is 5.29. The molecule has 2 nitrogen and oxygen atoms in total. The molecular weight excluding hydrogens is 248 g/mol. The van der Waals surface area contributed by atoms with Gasteiger partial charge in [0.25, 0.3) is 0 Å². The van der Waals surface area contributed by atoms with Crippen LogP contribution in [0.2, 0.25) is 0 Å². The first-order valence-electron chi connectivity index (χ1n) is 7.13. The van der Waals surface area contributed by atoms with Gasteiger partial charge >= 0.3 is 0 Å². The highest BCUT2D eigenvalue weighted by Gasteiger charge is 2.20. The lowest BCUT2D eigenvalue weighted by Crippen LogP contribution is -1.97. The fourth-order valence-electron chi connectivity index (χ4n) is 2.72. The average Bonchev–Trinajstić information content (AvgIpc) is 2.81. The van der Waals surface area contributed by atoms with Crippen LogP contribution in [0.4, 0.5) is 0 Å². The van der Waals surface area contributed by atoms with Gasteiger partial charge in [-0.2, -0.15) is 0 Å². The normalized spacial score (nSPS) is 17.1. The predicted molar refractivity (Wildman–Crippen MR) is 80.0 cm³/mol. The Morgan fingerprint density at radius 1 is 1.10 bits per heavy atom. The minimum atomic E-state index is -0.293. The zero-order valence-corrected chi connectivity index (χ0v) is 12.0. The van der Waals surface area contributed by atoms with Crippen molar-refractivity contribution < 1.29 is 9.84 Å². The van der Waals surface area contributed by atoms with E-state index >= 15 is 0 Å². The zero-order valence-electron chi connectivity index (χ0n) is 12.0. The van der Waals surface area contributed by atoms with Gasteiger partial charge in [0.05, 0.1) is 6.10 Å². The smallest absolute Gasteiger partial charge is 0.120 e. The molecule has 1 aliphatic rings. The van der Waals surface area contributed by atoms with Crippen LogP contribution in [0.1, 0.15) is 40.3 Å². The van der Waals surface area contributed by atoms with Crippen molar-refractivity contribution in [3.8, 4) is 5.75 Å². The van der Waals surface area contributed by atoms with Crippen molar-refractivity contribution in [3.05, 3.63) is 64.2 Å². The van der Waals surface area contributed by atoms with Crippen molar-refractivity contribution in [2.24, 2.45) is 0 Å². The largest absolute Gasteiger partial charge is 0.489 e. The minimum Gasteiger partial charge on any atom is -0.489 e. The molecule has 104 valence electrons. The molecule has 1 atom stereocenters. The molecule has 0 aliphatic heterocycles. The summed E-state index contributed by atoms with van der Waals surface area (Å²) in [7, 11) is 0. The van der Waals surface area contributed by atoms with Gasteiger partial charge in [0.1, 0.15) is 12.4 Å². The third kappa shape index (κ3) is 2.56. The SMILES string of the molecule is Cc1ccc(COc2ccc3c(c2)CCC3O)cc1C. The maximum absolute atomic E-state index is 9.80. The molecule has 0 bridgehead atoms. The summed E-state index contributed by atoms with van der Waals surface area (Å²) in [5, 5.41) is 9.80. The van der Waals surface area contributed by atoms with Gasteiger partial charge in [-0.15, -0.1) is 0 Å². The number of hydrogen-bond acceptors (Lipinski definition) is 2. The summed E-state index contributed by atoms with van der Waals surface area (Å²) in [5.41, 5.74) is 6.07. The average molecular weight is 268 g/mol. The number of ether oxygens (including phenoxy) is 1. The molecule has 2 heteroatoms. The lowest BCUT2D eigenvalue weighted by Gasteiger charge is -2.10. The van der Waals surface area contributed by atoms with Crippen molar-refractivity contribution in [1.82, 2.24) is 0 Å². The van der Waals surface area contributed by atoms with Crippen LogP contribution in [0.25, 0.3) is 0 Å². The van der Waals surface area contributed by atoms with E-state index in [1.807, 2.05) is 12.1 Å². The van der Waals surface area contributed by atoms with Gasteiger partial charge < -0.3 is 9.84 Å². The molecule has 0 spiro atoms. The monoisotopic (exact) mass is 268 g/mol. The van der Waals surface area contributed by atoms with Gasteiger partial charge in [-0.05, 0) is 66.6 Å². The van der Waals surface area contributed by atoms with Crippen molar-refractivity contribution in [1.29, 1.82) is 0 Å². The van der Waals surface area contributed by atoms with Crippen molar-refractivity contribution >= 4 is 0 Å². The van der Waals surface area contributed by atoms with Crippen LogP contribution in [-0.4, -0.2) is 5.11 Å². The Balaban J connectivity index is 1.71. The Morgan fingerprint density at radius 2 is 1.95 bits per heavy atom. The first-order valence-corrected chi connectivity index (χ1v) is 7.13. The number of hydrogen-bond donors (Lipinski definition) is 1. The molecule has 0 saturated carbocycles. The number of benzene rings is 2. The highest BCUT2D eigenvalue weighted by Crippen LogP contribution is 2.33. The van der Waals surface area contributed by atoms with Gasteiger partial charge in [-0.1, -0.05) is 24.3 Å². The maximum atomic E-state index is 9.80. The van der Waals surface area contributed by atoms with Gasteiger partial charge in [-0.3, -0.25) is 0 Å². The first kappa shape index (κ1) is 13.2. The van der Waals surface area contributed by atoms with E-state index in [1.54, 1.807) is 0 Å². The van der Waals surface area contributed by atoms with E-state index in [0.717, 1.165) is 24.2 Å². The van der Waals surface area contributed by atoms with E-state index in [9.17, 15) is 5.11 Å². The van der Waals surface area contributed by atoms with E-state index in [-0.39, 0.29) is 6.10 Å². The Hall–Kier alpha value is -1.80. The Morgan fingerprint density at radius 3 is 2.75 bits per heavy atom. The highest BCUT2D eigenvalue weighted by molar-refractivity contribution is 5.40. The number of aliphatic hydroxyl groups is 1.